The van der Waals surface area contributed by atoms with Crippen molar-refractivity contribution < 1.29 is 14.7 Å². The predicted molar refractivity (Wildman–Crippen MR) is 76.4 cm³/mol. The van der Waals surface area contributed by atoms with Crippen LogP contribution >= 0.6 is 0 Å². The van der Waals surface area contributed by atoms with Gasteiger partial charge in [-0.05, 0) is 32.4 Å². The lowest BCUT2D eigenvalue weighted by molar-refractivity contribution is -0.148. The summed E-state index contributed by atoms with van der Waals surface area (Å²) in [4.78, 5) is 28.1. The first-order valence-corrected chi connectivity index (χ1v) is 7.84. The predicted octanol–water partition coefficient (Wildman–Crippen LogP) is 1.43. The lowest BCUT2D eigenvalue weighted by Gasteiger charge is -2.27. The fraction of sp³-hybridized carbons (Fsp3) is 0.867. The van der Waals surface area contributed by atoms with Gasteiger partial charge in [0.05, 0.1) is 11.8 Å². The summed E-state index contributed by atoms with van der Waals surface area (Å²) in [7, 11) is 0. The molecule has 1 saturated heterocycles. The summed E-state index contributed by atoms with van der Waals surface area (Å²) in [5, 5.41) is 9.21. The van der Waals surface area contributed by atoms with E-state index in [0.717, 1.165) is 45.4 Å². The van der Waals surface area contributed by atoms with Crippen LogP contribution in [0.2, 0.25) is 0 Å². The third kappa shape index (κ3) is 2.97. The molecule has 1 heterocycles. The van der Waals surface area contributed by atoms with E-state index in [0.29, 0.717) is 12.5 Å². The first kappa shape index (κ1) is 15.3. The van der Waals surface area contributed by atoms with Crippen molar-refractivity contribution in [3.8, 4) is 0 Å². The van der Waals surface area contributed by atoms with Gasteiger partial charge in [-0.2, -0.15) is 0 Å². The Labute approximate surface area is 120 Å². The van der Waals surface area contributed by atoms with E-state index in [2.05, 4.69) is 18.7 Å². The van der Waals surface area contributed by atoms with E-state index < -0.39 is 11.9 Å². The number of carboxylic acid groups (broad SMARTS) is 1. The van der Waals surface area contributed by atoms with Crippen LogP contribution in [0.3, 0.4) is 0 Å². The number of likely N-dealkylation sites (tertiary alicyclic amines) is 1. The molecular weight excluding hydrogens is 256 g/mol. The van der Waals surface area contributed by atoms with Gasteiger partial charge < -0.3 is 10.0 Å². The molecule has 2 fully saturated rings. The average molecular weight is 282 g/mol. The van der Waals surface area contributed by atoms with Gasteiger partial charge in [-0.3, -0.25) is 14.5 Å². The zero-order valence-corrected chi connectivity index (χ0v) is 12.5. The van der Waals surface area contributed by atoms with E-state index in [9.17, 15) is 14.7 Å². The van der Waals surface area contributed by atoms with Gasteiger partial charge in [0.15, 0.2) is 0 Å². The zero-order valence-electron chi connectivity index (χ0n) is 12.5. The van der Waals surface area contributed by atoms with Gasteiger partial charge in [-0.25, -0.2) is 0 Å². The van der Waals surface area contributed by atoms with Crippen LogP contribution in [-0.2, 0) is 9.59 Å². The summed E-state index contributed by atoms with van der Waals surface area (Å²) in [5.74, 6) is -1.48. The van der Waals surface area contributed by atoms with Gasteiger partial charge in [0.25, 0.3) is 0 Å². The number of amides is 1. The van der Waals surface area contributed by atoms with Gasteiger partial charge in [0.2, 0.25) is 5.91 Å². The summed E-state index contributed by atoms with van der Waals surface area (Å²) in [5.41, 5.74) is 0. The van der Waals surface area contributed by atoms with E-state index in [-0.39, 0.29) is 11.8 Å². The topological polar surface area (TPSA) is 60.9 Å². The maximum absolute atomic E-state index is 12.6. The molecular formula is C15H26N2O3. The Bertz CT molecular complexity index is 368. The molecule has 0 aromatic carbocycles. The Morgan fingerprint density at radius 1 is 1.15 bits per heavy atom. The molecule has 0 spiro atoms. The van der Waals surface area contributed by atoms with Gasteiger partial charge >= 0.3 is 5.97 Å². The van der Waals surface area contributed by atoms with Crippen LogP contribution in [0.5, 0.6) is 0 Å². The quantitative estimate of drug-likeness (QED) is 0.828. The van der Waals surface area contributed by atoms with Crippen molar-refractivity contribution in [2.45, 2.75) is 45.6 Å². The van der Waals surface area contributed by atoms with Crippen molar-refractivity contribution in [2.24, 2.45) is 11.8 Å². The van der Waals surface area contributed by atoms with Crippen LogP contribution < -0.4 is 0 Å². The van der Waals surface area contributed by atoms with E-state index in [1.54, 1.807) is 0 Å². The number of hydrogen-bond acceptors (Lipinski definition) is 3. The molecule has 0 bridgehead atoms. The van der Waals surface area contributed by atoms with Crippen LogP contribution in [0.25, 0.3) is 0 Å². The molecule has 0 aromatic heterocycles. The monoisotopic (exact) mass is 282 g/mol. The smallest absolute Gasteiger partial charge is 0.307 e. The molecule has 20 heavy (non-hydrogen) atoms. The molecule has 1 aliphatic heterocycles. The fourth-order valence-electron chi connectivity index (χ4n) is 3.77. The number of hydrogen-bond donors (Lipinski definition) is 1. The highest BCUT2D eigenvalue weighted by atomic mass is 16.4. The van der Waals surface area contributed by atoms with Crippen LogP contribution in [0.1, 0.15) is 39.5 Å². The summed E-state index contributed by atoms with van der Waals surface area (Å²) < 4.78 is 0. The molecule has 1 N–H and O–H groups in total. The number of nitrogens with zero attached hydrogens (tertiary/aromatic N) is 2. The molecule has 1 amide bonds. The molecule has 3 unspecified atom stereocenters. The Balaban J connectivity index is 1.96. The highest BCUT2D eigenvalue weighted by Gasteiger charge is 2.41. The number of rotatable bonds is 5. The second kappa shape index (κ2) is 6.57. The SMILES string of the molecule is CCN(CC)C1CCN(C(=O)C2CCCC2C(=O)O)C1. The number of aliphatic carboxylic acids is 1. The third-order valence-corrected chi connectivity index (χ3v) is 4.95. The third-order valence-electron chi connectivity index (χ3n) is 4.95. The largest absolute Gasteiger partial charge is 0.481 e. The molecule has 1 aliphatic carbocycles. The minimum absolute atomic E-state index is 0.0737. The molecule has 2 rings (SSSR count). The average Bonchev–Trinajstić information content (AvgIpc) is 3.08. The first-order valence-electron chi connectivity index (χ1n) is 7.84. The summed E-state index contributed by atoms with van der Waals surface area (Å²) in [6.45, 7) is 7.85. The number of likely N-dealkylation sites (N-methyl/N-ethyl adjacent to an activating group) is 1. The van der Waals surface area contributed by atoms with Crippen molar-refractivity contribution in [2.75, 3.05) is 26.2 Å². The first-order chi connectivity index (χ1) is 9.58. The second-order valence-corrected chi connectivity index (χ2v) is 5.93. The Morgan fingerprint density at radius 3 is 2.40 bits per heavy atom. The fourth-order valence-corrected chi connectivity index (χ4v) is 3.77. The van der Waals surface area contributed by atoms with E-state index in [1.165, 1.54) is 0 Å². The normalized spacial score (nSPS) is 30.1. The number of carboxylic acids is 1. The highest BCUT2D eigenvalue weighted by molar-refractivity contribution is 5.85. The molecule has 1 saturated carbocycles. The maximum Gasteiger partial charge on any atom is 0.307 e. The Morgan fingerprint density at radius 2 is 1.80 bits per heavy atom. The lowest BCUT2D eigenvalue weighted by Crippen LogP contribution is -2.41. The van der Waals surface area contributed by atoms with Gasteiger partial charge in [0, 0.05) is 19.1 Å². The standard InChI is InChI=1S/C15H26N2O3/c1-3-16(4-2)11-8-9-17(10-11)14(18)12-6-5-7-13(12)15(19)20/h11-13H,3-10H2,1-2H3,(H,19,20). The Kier molecular flexibility index (Phi) is 5.02. The maximum atomic E-state index is 12.6. The number of carbonyl (C=O) groups excluding carboxylic acids is 1. The molecule has 3 atom stereocenters. The van der Waals surface area contributed by atoms with Crippen molar-refractivity contribution in [1.29, 1.82) is 0 Å². The van der Waals surface area contributed by atoms with Crippen molar-refractivity contribution in [3.63, 3.8) is 0 Å². The van der Waals surface area contributed by atoms with Gasteiger partial charge in [-0.1, -0.05) is 20.3 Å². The van der Waals surface area contributed by atoms with Crippen LogP contribution in [0, 0.1) is 11.8 Å². The highest BCUT2D eigenvalue weighted by Crippen LogP contribution is 2.34. The Hall–Kier alpha value is -1.10. The summed E-state index contributed by atoms with van der Waals surface area (Å²) in [6, 6.07) is 0.443. The molecule has 5 heteroatoms. The molecule has 0 radical (unpaired) electrons. The van der Waals surface area contributed by atoms with Crippen LogP contribution in [0.4, 0.5) is 0 Å². The lowest BCUT2D eigenvalue weighted by atomic mass is 9.95. The van der Waals surface area contributed by atoms with E-state index >= 15 is 0 Å². The summed E-state index contributed by atoms with van der Waals surface area (Å²) >= 11 is 0. The molecule has 114 valence electrons. The second-order valence-electron chi connectivity index (χ2n) is 5.93. The van der Waals surface area contributed by atoms with Crippen molar-refractivity contribution >= 4 is 11.9 Å². The van der Waals surface area contributed by atoms with Crippen molar-refractivity contribution in [3.05, 3.63) is 0 Å². The molecule has 2 aliphatic rings. The summed E-state index contributed by atoms with van der Waals surface area (Å²) in [6.07, 6.45) is 3.26. The van der Waals surface area contributed by atoms with Crippen molar-refractivity contribution in [1.82, 2.24) is 9.80 Å². The van der Waals surface area contributed by atoms with Gasteiger partial charge in [-0.15, -0.1) is 0 Å². The van der Waals surface area contributed by atoms with Gasteiger partial charge in [0.1, 0.15) is 0 Å². The minimum Gasteiger partial charge on any atom is -0.481 e. The van der Waals surface area contributed by atoms with E-state index in [1.807, 2.05) is 4.90 Å². The van der Waals surface area contributed by atoms with Crippen LogP contribution in [0.15, 0.2) is 0 Å². The number of carbonyl (C=O) groups is 2. The van der Waals surface area contributed by atoms with E-state index in [4.69, 9.17) is 0 Å². The van der Waals surface area contributed by atoms with Crippen LogP contribution in [-0.4, -0.2) is 59.0 Å². The zero-order chi connectivity index (χ0) is 14.7. The minimum atomic E-state index is -0.805. The molecule has 5 nitrogen and oxygen atoms in total. The molecule has 0 aromatic rings.